The van der Waals surface area contributed by atoms with Gasteiger partial charge in [-0.15, -0.1) is 0 Å². The first-order valence-electron chi connectivity index (χ1n) is 10.1. The van der Waals surface area contributed by atoms with Crippen LogP contribution in [0.15, 0.2) is 79.0 Å². The fourth-order valence-corrected chi connectivity index (χ4v) is 3.43. The number of methoxy groups -OCH3 is 1. The summed E-state index contributed by atoms with van der Waals surface area (Å²) in [4.78, 5) is 13.3. The van der Waals surface area contributed by atoms with Gasteiger partial charge in [0.1, 0.15) is 5.69 Å². The number of aryl methyl sites for hydroxylation is 1. The minimum atomic E-state index is -3.03. The number of aromatic nitrogens is 2. The van der Waals surface area contributed by atoms with Crippen molar-refractivity contribution in [1.29, 1.82) is 0 Å². The molecule has 0 aliphatic rings. The van der Waals surface area contributed by atoms with Crippen molar-refractivity contribution in [1.82, 2.24) is 9.78 Å². The van der Waals surface area contributed by atoms with Crippen LogP contribution >= 0.6 is 0 Å². The number of alkyl halides is 2. The van der Waals surface area contributed by atoms with Gasteiger partial charge in [0.2, 0.25) is 0 Å². The SMILES string of the molecule is COc1ccc(NC(=O)c2cn(-c3ccccc3)nc2-c2ccccc2C)cc1OC(F)F. The fourth-order valence-electron chi connectivity index (χ4n) is 3.43. The van der Waals surface area contributed by atoms with Gasteiger partial charge in [-0.25, -0.2) is 4.68 Å². The molecule has 0 saturated carbocycles. The first-order chi connectivity index (χ1) is 16.0. The summed E-state index contributed by atoms with van der Waals surface area (Å²) in [6.45, 7) is -1.09. The Morgan fingerprint density at radius 3 is 2.42 bits per heavy atom. The number of ether oxygens (including phenoxy) is 2. The van der Waals surface area contributed by atoms with Crippen LogP contribution in [0.1, 0.15) is 15.9 Å². The summed E-state index contributed by atoms with van der Waals surface area (Å²) in [5.74, 6) is -0.487. The van der Waals surface area contributed by atoms with Gasteiger partial charge in [0.25, 0.3) is 5.91 Å². The molecule has 3 aromatic carbocycles. The molecule has 8 heteroatoms. The molecule has 1 aromatic heterocycles. The fraction of sp³-hybridized carbons (Fsp3) is 0.120. The summed E-state index contributed by atoms with van der Waals surface area (Å²) in [6.07, 6.45) is 1.65. The Bertz CT molecular complexity index is 1270. The standard InChI is InChI=1S/C25H21F2N3O3/c1-16-8-6-7-11-19(16)23-20(15-30(29-23)18-9-4-3-5-10-18)24(31)28-17-12-13-21(32-2)22(14-17)33-25(26)27/h3-15,25H,1-2H3,(H,28,31). The maximum Gasteiger partial charge on any atom is 0.387 e. The molecule has 168 valence electrons. The Morgan fingerprint density at radius 1 is 1.00 bits per heavy atom. The summed E-state index contributed by atoms with van der Waals surface area (Å²) in [6, 6.07) is 21.3. The van der Waals surface area contributed by atoms with Crippen LogP contribution in [0.3, 0.4) is 0 Å². The summed E-state index contributed by atoms with van der Waals surface area (Å²) in [5, 5.41) is 7.42. The van der Waals surface area contributed by atoms with E-state index in [4.69, 9.17) is 4.74 Å². The number of anilines is 1. The zero-order valence-electron chi connectivity index (χ0n) is 18.0. The van der Waals surface area contributed by atoms with Gasteiger partial charge in [-0.1, -0.05) is 42.5 Å². The zero-order chi connectivity index (χ0) is 23.4. The summed E-state index contributed by atoms with van der Waals surface area (Å²) in [7, 11) is 1.35. The van der Waals surface area contributed by atoms with Crippen molar-refractivity contribution in [3.8, 4) is 28.4 Å². The molecule has 0 bridgehead atoms. The lowest BCUT2D eigenvalue weighted by Gasteiger charge is -2.12. The summed E-state index contributed by atoms with van der Waals surface area (Å²) < 4.78 is 36.7. The van der Waals surface area contributed by atoms with E-state index in [1.807, 2.05) is 61.5 Å². The van der Waals surface area contributed by atoms with E-state index in [1.54, 1.807) is 16.9 Å². The molecule has 6 nitrogen and oxygen atoms in total. The normalized spacial score (nSPS) is 10.8. The molecule has 0 aliphatic carbocycles. The number of benzene rings is 3. The average Bonchev–Trinajstić information content (AvgIpc) is 3.25. The van der Waals surface area contributed by atoms with Crippen molar-refractivity contribution in [3.05, 3.63) is 90.1 Å². The molecule has 0 aliphatic heterocycles. The molecule has 33 heavy (non-hydrogen) atoms. The van der Waals surface area contributed by atoms with Crippen LogP contribution in [0.4, 0.5) is 14.5 Å². The highest BCUT2D eigenvalue weighted by Gasteiger charge is 2.21. The van der Waals surface area contributed by atoms with Crippen LogP contribution in [0.2, 0.25) is 0 Å². The van der Waals surface area contributed by atoms with E-state index in [9.17, 15) is 13.6 Å². The maximum absolute atomic E-state index is 13.3. The monoisotopic (exact) mass is 449 g/mol. The highest BCUT2D eigenvalue weighted by Crippen LogP contribution is 2.32. The van der Waals surface area contributed by atoms with Crippen LogP contribution in [-0.4, -0.2) is 29.4 Å². The van der Waals surface area contributed by atoms with Gasteiger partial charge in [-0.2, -0.15) is 13.9 Å². The van der Waals surface area contributed by atoms with E-state index >= 15 is 0 Å². The van der Waals surface area contributed by atoms with Gasteiger partial charge in [0, 0.05) is 23.5 Å². The number of nitrogens with one attached hydrogen (secondary N) is 1. The van der Waals surface area contributed by atoms with Gasteiger partial charge >= 0.3 is 6.61 Å². The molecular weight excluding hydrogens is 428 g/mol. The molecule has 0 radical (unpaired) electrons. The summed E-state index contributed by atoms with van der Waals surface area (Å²) in [5.41, 5.74) is 3.69. The Kier molecular flexibility index (Phi) is 6.35. The largest absolute Gasteiger partial charge is 0.493 e. The smallest absolute Gasteiger partial charge is 0.387 e. The molecule has 0 atom stereocenters. The predicted octanol–water partition coefficient (Wildman–Crippen LogP) is 5.71. The van der Waals surface area contributed by atoms with Crippen molar-refractivity contribution in [2.75, 3.05) is 12.4 Å². The zero-order valence-corrected chi connectivity index (χ0v) is 18.0. The van der Waals surface area contributed by atoms with Crippen molar-refractivity contribution in [2.24, 2.45) is 0 Å². The van der Waals surface area contributed by atoms with Crippen LogP contribution in [0.25, 0.3) is 16.9 Å². The van der Waals surface area contributed by atoms with Gasteiger partial charge in [-0.3, -0.25) is 4.79 Å². The van der Waals surface area contributed by atoms with Crippen molar-refractivity contribution in [2.45, 2.75) is 13.5 Å². The maximum atomic E-state index is 13.3. The number of carbonyl (C=O) groups is 1. The molecule has 4 rings (SSSR count). The second-order valence-corrected chi connectivity index (χ2v) is 7.18. The van der Waals surface area contributed by atoms with E-state index in [0.29, 0.717) is 11.3 Å². The number of halogens is 2. The quantitative estimate of drug-likeness (QED) is 0.393. The molecule has 1 amide bonds. The third-order valence-electron chi connectivity index (χ3n) is 5.02. The minimum absolute atomic E-state index is 0.130. The molecule has 0 unspecified atom stereocenters. The number of carbonyl (C=O) groups excluding carboxylic acids is 1. The molecule has 0 spiro atoms. The van der Waals surface area contributed by atoms with Crippen LogP contribution in [-0.2, 0) is 0 Å². The third kappa shape index (κ3) is 4.85. The predicted molar refractivity (Wildman–Crippen MR) is 121 cm³/mol. The van der Waals surface area contributed by atoms with E-state index in [0.717, 1.165) is 16.8 Å². The molecule has 1 heterocycles. The number of para-hydroxylation sites is 1. The lowest BCUT2D eigenvalue weighted by atomic mass is 10.0. The Balaban J connectivity index is 1.73. The average molecular weight is 449 g/mol. The number of rotatable bonds is 7. The number of hydrogen-bond donors (Lipinski definition) is 1. The Morgan fingerprint density at radius 2 is 1.73 bits per heavy atom. The topological polar surface area (TPSA) is 65.4 Å². The Hall–Kier alpha value is -4.20. The second-order valence-electron chi connectivity index (χ2n) is 7.18. The number of hydrogen-bond acceptors (Lipinski definition) is 4. The lowest BCUT2D eigenvalue weighted by Crippen LogP contribution is -2.13. The first kappa shape index (κ1) is 22.0. The van der Waals surface area contributed by atoms with E-state index in [-0.39, 0.29) is 17.2 Å². The molecule has 1 N–H and O–H groups in total. The molecule has 0 saturated heterocycles. The third-order valence-corrected chi connectivity index (χ3v) is 5.02. The molecule has 0 fully saturated rings. The number of amides is 1. The van der Waals surface area contributed by atoms with Crippen LogP contribution in [0, 0.1) is 6.92 Å². The summed E-state index contributed by atoms with van der Waals surface area (Å²) >= 11 is 0. The van der Waals surface area contributed by atoms with Crippen molar-refractivity contribution < 1.29 is 23.0 Å². The molecular formula is C25H21F2N3O3. The van der Waals surface area contributed by atoms with Gasteiger partial charge < -0.3 is 14.8 Å². The lowest BCUT2D eigenvalue weighted by molar-refractivity contribution is -0.0511. The minimum Gasteiger partial charge on any atom is -0.493 e. The van der Waals surface area contributed by atoms with Gasteiger partial charge in [0.05, 0.1) is 18.4 Å². The van der Waals surface area contributed by atoms with Gasteiger partial charge in [-0.05, 0) is 36.8 Å². The highest BCUT2D eigenvalue weighted by molar-refractivity contribution is 6.08. The second kappa shape index (κ2) is 9.52. The van der Waals surface area contributed by atoms with Crippen LogP contribution in [0.5, 0.6) is 11.5 Å². The van der Waals surface area contributed by atoms with Gasteiger partial charge in [0.15, 0.2) is 11.5 Å². The first-order valence-corrected chi connectivity index (χ1v) is 10.1. The molecule has 4 aromatic rings. The van der Waals surface area contributed by atoms with Crippen molar-refractivity contribution in [3.63, 3.8) is 0 Å². The van der Waals surface area contributed by atoms with E-state index in [1.165, 1.54) is 19.2 Å². The van der Waals surface area contributed by atoms with E-state index < -0.39 is 12.5 Å². The van der Waals surface area contributed by atoms with E-state index in [2.05, 4.69) is 15.2 Å². The number of nitrogens with zero attached hydrogens (tertiary/aromatic N) is 2. The highest BCUT2D eigenvalue weighted by atomic mass is 19.3. The Labute approximate surface area is 189 Å². The van der Waals surface area contributed by atoms with Crippen molar-refractivity contribution >= 4 is 11.6 Å². The van der Waals surface area contributed by atoms with Crippen LogP contribution < -0.4 is 14.8 Å².